The zero-order valence-corrected chi connectivity index (χ0v) is 15.7. The molecule has 144 valence electrons. The number of fused-ring (bicyclic) bond motifs is 1. The number of benzene rings is 2. The van der Waals surface area contributed by atoms with Gasteiger partial charge in [-0.15, -0.1) is 0 Å². The van der Waals surface area contributed by atoms with E-state index >= 15 is 0 Å². The fourth-order valence-corrected chi connectivity index (χ4v) is 3.41. The topological polar surface area (TPSA) is 35.6 Å². The molecule has 0 heterocycles. The van der Waals surface area contributed by atoms with E-state index in [-0.39, 0.29) is 30.3 Å². The first-order chi connectivity index (χ1) is 13.0. The lowest BCUT2D eigenvalue weighted by atomic mass is 10.1. The molecule has 0 radical (unpaired) electrons. The first-order valence-electron chi connectivity index (χ1n) is 9.16. The summed E-state index contributed by atoms with van der Waals surface area (Å²) in [4.78, 5) is 16.5. The fraction of sp³-hybridized carbons (Fsp3) is 0.381. The molecule has 0 aromatic heterocycles. The Balaban J connectivity index is 1.74. The average Bonchev–Trinajstić information content (AvgIpc) is 3.04. The third kappa shape index (κ3) is 4.63. The molecule has 0 bridgehead atoms. The van der Waals surface area contributed by atoms with E-state index in [0.29, 0.717) is 37.1 Å². The van der Waals surface area contributed by atoms with E-state index in [9.17, 15) is 13.6 Å². The van der Waals surface area contributed by atoms with Gasteiger partial charge in [-0.2, -0.15) is 0 Å². The van der Waals surface area contributed by atoms with Gasteiger partial charge < -0.3 is 15.1 Å². The van der Waals surface area contributed by atoms with E-state index in [2.05, 4.69) is 5.32 Å². The highest BCUT2D eigenvalue weighted by atomic mass is 19.1. The molecule has 0 fully saturated rings. The van der Waals surface area contributed by atoms with Crippen LogP contribution in [0.5, 0.6) is 0 Å². The summed E-state index contributed by atoms with van der Waals surface area (Å²) in [6.45, 7) is 1.32. The molecule has 1 unspecified atom stereocenters. The van der Waals surface area contributed by atoms with Crippen LogP contribution in [0.3, 0.4) is 0 Å². The lowest BCUT2D eigenvalue weighted by molar-refractivity contribution is 0.184. The number of likely N-dealkylation sites (N-methyl/N-ethyl adjacent to an activating group) is 1. The van der Waals surface area contributed by atoms with Crippen molar-refractivity contribution in [1.82, 2.24) is 15.1 Å². The SMILES string of the molecule is CN(C)CCN(Cc1ccccc1F)C(=O)NC1CCc2c(F)cccc21. The third-order valence-corrected chi connectivity index (χ3v) is 4.93. The van der Waals surface area contributed by atoms with Gasteiger partial charge in [-0.1, -0.05) is 30.3 Å². The predicted molar refractivity (Wildman–Crippen MR) is 101 cm³/mol. The Labute approximate surface area is 158 Å². The molecule has 1 N–H and O–H groups in total. The summed E-state index contributed by atoms with van der Waals surface area (Å²) in [5, 5.41) is 3.01. The number of nitrogens with zero attached hydrogens (tertiary/aromatic N) is 2. The molecule has 0 saturated carbocycles. The summed E-state index contributed by atoms with van der Waals surface area (Å²) in [6.07, 6.45) is 1.28. The van der Waals surface area contributed by atoms with Gasteiger partial charge >= 0.3 is 6.03 Å². The molecule has 6 heteroatoms. The molecular formula is C21H25F2N3O. The number of nitrogens with one attached hydrogen (secondary N) is 1. The van der Waals surface area contributed by atoms with Crippen molar-refractivity contribution in [3.8, 4) is 0 Å². The molecule has 1 aliphatic rings. The van der Waals surface area contributed by atoms with Crippen molar-refractivity contribution in [1.29, 1.82) is 0 Å². The lowest BCUT2D eigenvalue weighted by Gasteiger charge is -2.27. The number of amides is 2. The van der Waals surface area contributed by atoms with Crippen LogP contribution in [0.15, 0.2) is 42.5 Å². The molecule has 0 aliphatic heterocycles. The Morgan fingerprint density at radius 3 is 2.56 bits per heavy atom. The number of hydrogen-bond acceptors (Lipinski definition) is 2. The second kappa shape index (κ2) is 8.48. The van der Waals surface area contributed by atoms with Crippen molar-refractivity contribution in [2.24, 2.45) is 0 Å². The summed E-state index contributed by atoms with van der Waals surface area (Å²) in [5.41, 5.74) is 1.99. The van der Waals surface area contributed by atoms with E-state index in [1.165, 1.54) is 12.1 Å². The molecule has 1 aliphatic carbocycles. The Morgan fingerprint density at radius 2 is 1.81 bits per heavy atom. The Morgan fingerprint density at radius 1 is 1.07 bits per heavy atom. The van der Waals surface area contributed by atoms with Gasteiger partial charge in [0.1, 0.15) is 11.6 Å². The minimum Gasteiger partial charge on any atom is -0.331 e. The fourth-order valence-electron chi connectivity index (χ4n) is 3.41. The zero-order valence-electron chi connectivity index (χ0n) is 15.7. The first-order valence-corrected chi connectivity index (χ1v) is 9.16. The highest BCUT2D eigenvalue weighted by molar-refractivity contribution is 5.75. The Kier molecular flexibility index (Phi) is 6.06. The third-order valence-electron chi connectivity index (χ3n) is 4.93. The zero-order chi connectivity index (χ0) is 19.4. The molecular weight excluding hydrogens is 348 g/mol. The van der Waals surface area contributed by atoms with E-state index < -0.39 is 0 Å². The Bertz CT molecular complexity index is 810. The van der Waals surface area contributed by atoms with Crippen molar-refractivity contribution in [3.05, 3.63) is 70.8 Å². The van der Waals surface area contributed by atoms with Crippen LogP contribution in [-0.2, 0) is 13.0 Å². The summed E-state index contributed by atoms with van der Waals surface area (Å²) in [5.74, 6) is -0.548. The maximum absolute atomic E-state index is 14.0. The van der Waals surface area contributed by atoms with Crippen molar-refractivity contribution < 1.29 is 13.6 Å². The number of carbonyl (C=O) groups is 1. The van der Waals surface area contributed by atoms with E-state index in [0.717, 1.165) is 5.56 Å². The number of halogens is 2. The van der Waals surface area contributed by atoms with Gasteiger partial charge in [-0.05, 0) is 50.2 Å². The lowest BCUT2D eigenvalue weighted by Crippen LogP contribution is -2.43. The van der Waals surface area contributed by atoms with Crippen LogP contribution >= 0.6 is 0 Å². The van der Waals surface area contributed by atoms with Gasteiger partial charge in [0.05, 0.1) is 12.6 Å². The largest absolute Gasteiger partial charge is 0.331 e. The molecule has 2 aromatic carbocycles. The van der Waals surface area contributed by atoms with Crippen LogP contribution in [0.1, 0.15) is 29.2 Å². The molecule has 0 spiro atoms. The molecule has 1 atom stereocenters. The van der Waals surface area contributed by atoms with Crippen LogP contribution in [0, 0.1) is 11.6 Å². The van der Waals surface area contributed by atoms with Gasteiger partial charge in [0.15, 0.2) is 0 Å². The quantitative estimate of drug-likeness (QED) is 0.838. The monoisotopic (exact) mass is 373 g/mol. The highest BCUT2D eigenvalue weighted by Crippen LogP contribution is 2.32. The van der Waals surface area contributed by atoms with Crippen molar-refractivity contribution in [3.63, 3.8) is 0 Å². The van der Waals surface area contributed by atoms with Crippen molar-refractivity contribution in [2.75, 3.05) is 27.2 Å². The van der Waals surface area contributed by atoms with Crippen LogP contribution < -0.4 is 5.32 Å². The number of urea groups is 1. The van der Waals surface area contributed by atoms with Gasteiger partial charge in [-0.3, -0.25) is 0 Å². The first kappa shape index (κ1) is 19.3. The molecule has 0 saturated heterocycles. The molecule has 2 amide bonds. The second-order valence-corrected chi connectivity index (χ2v) is 7.16. The van der Waals surface area contributed by atoms with Gasteiger partial charge in [0.2, 0.25) is 0 Å². The van der Waals surface area contributed by atoms with Crippen LogP contribution in [0.4, 0.5) is 13.6 Å². The highest BCUT2D eigenvalue weighted by Gasteiger charge is 2.27. The van der Waals surface area contributed by atoms with Crippen molar-refractivity contribution >= 4 is 6.03 Å². The normalized spacial score (nSPS) is 15.7. The molecule has 2 aromatic rings. The summed E-state index contributed by atoms with van der Waals surface area (Å²) in [7, 11) is 3.85. The number of rotatable bonds is 6. The second-order valence-electron chi connectivity index (χ2n) is 7.16. The van der Waals surface area contributed by atoms with Gasteiger partial charge in [-0.25, -0.2) is 13.6 Å². The molecule has 27 heavy (non-hydrogen) atoms. The molecule has 3 rings (SSSR count). The van der Waals surface area contributed by atoms with Crippen LogP contribution in [-0.4, -0.2) is 43.0 Å². The summed E-state index contributed by atoms with van der Waals surface area (Å²) >= 11 is 0. The smallest absolute Gasteiger partial charge is 0.318 e. The average molecular weight is 373 g/mol. The maximum Gasteiger partial charge on any atom is 0.318 e. The van der Waals surface area contributed by atoms with E-state index in [1.54, 1.807) is 29.2 Å². The van der Waals surface area contributed by atoms with E-state index in [1.807, 2.05) is 25.1 Å². The van der Waals surface area contributed by atoms with Crippen LogP contribution in [0.2, 0.25) is 0 Å². The standard InChI is InChI=1S/C21H25F2N3O/c1-25(2)12-13-26(14-15-6-3-4-8-18(15)22)21(27)24-20-11-10-16-17(20)7-5-9-19(16)23/h3-9,20H,10-14H2,1-2H3,(H,24,27). The minimum absolute atomic E-state index is 0.190. The molecule has 4 nitrogen and oxygen atoms in total. The van der Waals surface area contributed by atoms with Crippen molar-refractivity contribution in [2.45, 2.75) is 25.4 Å². The summed E-state index contributed by atoms with van der Waals surface area (Å²) in [6, 6.07) is 11.0. The minimum atomic E-state index is -0.326. The Hall–Kier alpha value is -2.47. The van der Waals surface area contributed by atoms with E-state index in [4.69, 9.17) is 0 Å². The van der Waals surface area contributed by atoms with Crippen LogP contribution in [0.25, 0.3) is 0 Å². The maximum atomic E-state index is 14.0. The number of hydrogen-bond donors (Lipinski definition) is 1. The van der Waals surface area contributed by atoms with Gasteiger partial charge in [0.25, 0.3) is 0 Å². The summed E-state index contributed by atoms with van der Waals surface area (Å²) < 4.78 is 28.0. The number of carbonyl (C=O) groups excluding carboxylic acids is 1. The predicted octanol–water partition coefficient (Wildman–Crippen LogP) is 3.73. The van der Waals surface area contributed by atoms with Gasteiger partial charge in [0, 0.05) is 18.7 Å².